The summed E-state index contributed by atoms with van der Waals surface area (Å²) in [5.74, 6) is 1.66. The predicted octanol–water partition coefficient (Wildman–Crippen LogP) is 0.307. The number of likely N-dealkylation sites (N-methyl/N-ethyl adjacent to an activating group) is 1. The summed E-state index contributed by atoms with van der Waals surface area (Å²) in [7, 11) is 2.10. The van der Waals surface area contributed by atoms with Crippen molar-refractivity contribution in [2.75, 3.05) is 39.8 Å². The summed E-state index contributed by atoms with van der Waals surface area (Å²) < 4.78 is 5.82. The predicted molar refractivity (Wildman–Crippen MR) is 81.2 cm³/mol. The maximum atomic E-state index is 12.6. The van der Waals surface area contributed by atoms with Crippen LogP contribution in [0.25, 0.3) is 0 Å². The second-order valence-corrected chi connectivity index (χ2v) is 6.43. The lowest BCUT2D eigenvalue weighted by Crippen LogP contribution is -2.48. The van der Waals surface area contributed by atoms with Gasteiger partial charge in [0.2, 0.25) is 5.91 Å². The van der Waals surface area contributed by atoms with Crippen LogP contribution in [-0.4, -0.2) is 76.8 Å². The molecule has 0 unspecified atom stereocenters. The van der Waals surface area contributed by atoms with E-state index in [0.717, 1.165) is 32.1 Å². The number of aromatic nitrogens is 3. The van der Waals surface area contributed by atoms with Crippen LogP contribution in [0.2, 0.25) is 0 Å². The zero-order valence-electron chi connectivity index (χ0n) is 13.2. The minimum absolute atomic E-state index is 0.131. The summed E-state index contributed by atoms with van der Waals surface area (Å²) in [6, 6.07) is 0. The number of amides is 1. The first-order valence-corrected chi connectivity index (χ1v) is 8.13. The van der Waals surface area contributed by atoms with Crippen LogP contribution in [0.15, 0.2) is 6.33 Å². The van der Waals surface area contributed by atoms with Crippen LogP contribution in [0.5, 0.6) is 0 Å². The quantitative estimate of drug-likeness (QED) is 0.784. The minimum atomic E-state index is 0.131. The van der Waals surface area contributed by atoms with Gasteiger partial charge in [-0.2, -0.15) is 5.10 Å². The Morgan fingerprint density at radius 2 is 2.36 bits per heavy atom. The number of nitrogens with one attached hydrogen (secondary N) is 1. The van der Waals surface area contributed by atoms with E-state index in [0.29, 0.717) is 25.3 Å². The topological polar surface area (TPSA) is 74.3 Å². The lowest BCUT2D eigenvalue weighted by Gasteiger charge is -2.34. The molecular formula is C15H25N5O2. The standard InChI is InChI=1S/C15H25N5O2/c1-19-6-7-22-13(9-19)10-20(8-12-2-3-12)15(21)5-4-14-16-11-17-18-14/h11-13H,2-10H2,1H3,(H,16,17,18)/t13-/m1/s1. The number of rotatable bonds is 7. The van der Waals surface area contributed by atoms with E-state index < -0.39 is 0 Å². The van der Waals surface area contributed by atoms with Crippen LogP contribution in [0.1, 0.15) is 25.1 Å². The summed E-state index contributed by atoms with van der Waals surface area (Å²) in [6.07, 6.45) is 5.20. The molecule has 0 radical (unpaired) electrons. The lowest BCUT2D eigenvalue weighted by molar-refractivity contribution is -0.134. The van der Waals surface area contributed by atoms with Gasteiger partial charge in [0.25, 0.3) is 0 Å². The molecule has 3 rings (SSSR count). The average Bonchev–Trinajstić information content (AvgIpc) is 3.16. The number of ether oxygens (including phenoxy) is 1. The van der Waals surface area contributed by atoms with Gasteiger partial charge in [-0.1, -0.05) is 0 Å². The number of aromatic amines is 1. The van der Waals surface area contributed by atoms with Gasteiger partial charge < -0.3 is 14.5 Å². The van der Waals surface area contributed by atoms with Gasteiger partial charge in [0.05, 0.1) is 12.7 Å². The smallest absolute Gasteiger partial charge is 0.223 e. The van der Waals surface area contributed by atoms with Crippen LogP contribution in [-0.2, 0) is 16.0 Å². The Labute approximate surface area is 131 Å². The molecule has 22 heavy (non-hydrogen) atoms. The minimum Gasteiger partial charge on any atom is -0.374 e. The molecule has 0 bridgehead atoms. The summed E-state index contributed by atoms with van der Waals surface area (Å²) in [5.41, 5.74) is 0. The van der Waals surface area contributed by atoms with Gasteiger partial charge in [-0.15, -0.1) is 0 Å². The van der Waals surface area contributed by atoms with Gasteiger partial charge in [0.1, 0.15) is 12.2 Å². The third kappa shape index (κ3) is 4.51. The Morgan fingerprint density at radius 1 is 1.50 bits per heavy atom. The molecule has 0 spiro atoms. The van der Waals surface area contributed by atoms with Crippen LogP contribution in [0.4, 0.5) is 0 Å². The molecule has 0 aromatic carbocycles. The van der Waals surface area contributed by atoms with E-state index in [9.17, 15) is 4.79 Å². The Bertz CT molecular complexity index is 474. The van der Waals surface area contributed by atoms with Crippen LogP contribution >= 0.6 is 0 Å². The molecular weight excluding hydrogens is 282 g/mol. The van der Waals surface area contributed by atoms with Crippen molar-refractivity contribution in [3.63, 3.8) is 0 Å². The van der Waals surface area contributed by atoms with E-state index in [-0.39, 0.29) is 12.0 Å². The molecule has 1 aromatic heterocycles. The van der Waals surface area contributed by atoms with E-state index in [1.165, 1.54) is 19.2 Å². The molecule has 1 atom stereocenters. The molecule has 1 aliphatic carbocycles. The monoisotopic (exact) mass is 307 g/mol. The van der Waals surface area contributed by atoms with Crippen LogP contribution in [0.3, 0.4) is 0 Å². The molecule has 1 saturated carbocycles. The summed E-state index contributed by atoms with van der Waals surface area (Å²) in [6.45, 7) is 4.20. The second kappa shape index (κ2) is 7.19. The molecule has 1 aromatic rings. The van der Waals surface area contributed by atoms with E-state index >= 15 is 0 Å². The van der Waals surface area contributed by atoms with Gasteiger partial charge in [0.15, 0.2) is 0 Å². The van der Waals surface area contributed by atoms with Crippen molar-refractivity contribution >= 4 is 5.91 Å². The van der Waals surface area contributed by atoms with Crippen molar-refractivity contribution < 1.29 is 9.53 Å². The van der Waals surface area contributed by atoms with Crippen molar-refractivity contribution in [1.29, 1.82) is 0 Å². The highest BCUT2D eigenvalue weighted by atomic mass is 16.5. The molecule has 2 heterocycles. The van der Waals surface area contributed by atoms with Crippen molar-refractivity contribution in [1.82, 2.24) is 25.0 Å². The molecule has 7 heteroatoms. The fourth-order valence-corrected chi connectivity index (χ4v) is 2.85. The first kappa shape index (κ1) is 15.4. The van der Waals surface area contributed by atoms with Crippen molar-refractivity contribution in [2.24, 2.45) is 5.92 Å². The lowest BCUT2D eigenvalue weighted by atomic mass is 10.2. The van der Waals surface area contributed by atoms with E-state index in [1.54, 1.807) is 0 Å². The Morgan fingerprint density at radius 3 is 3.05 bits per heavy atom. The van der Waals surface area contributed by atoms with Gasteiger partial charge in [-0.25, -0.2) is 4.98 Å². The number of carbonyl (C=O) groups excluding carboxylic acids is 1. The molecule has 1 N–H and O–H groups in total. The molecule has 2 fully saturated rings. The van der Waals surface area contributed by atoms with E-state index in [1.807, 2.05) is 4.90 Å². The zero-order chi connectivity index (χ0) is 15.4. The van der Waals surface area contributed by atoms with E-state index in [4.69, 9.17) is 4.74 Å². The van der Waals surface area contributed by atoms with Crippen LogP contribution in [0, 0.1) is 5.92 Å². The van der Waals surface area contributed by atoms with Gasteiger partial charge in [-0.3, -0.25) is 9.89 Å². The Hall–Kier alpha value is -1.47. The average molecular weight is 307 g/mol. The van der Waals surface area contributed by atoms with Crippen molar-refractivity contribution in [3.05, 3.63) is 12.2 Å². The highest BCUT2D eigenvalue weighted by Gasteiger charge is 2.29. The van der Waals surface area contributed by atoms with Gasteiger partial charge >= 0.3 is 0 Å². The maximum Gasteiger partial charge on any atom is 0.223 e. The number of H-pyrrole nitrogens is 1. The third-order valence-corrected chi connectivity index (χ3v) is 4.33. The number of hydrogen-bond acceptors (Lipinski definition) is 5. The SMILES string of the molecule is CN1CCO[C@@H](CN(CC2CC2)C(=O)CCc2ncn[nH]2)C1. The first-order valence-electron chi connectivity index (χ1n) is 8.13. The highest BCUT2D eigenvalue weighted by Crippen LogP contribution is 2.30. The number of morpholine rings is 1. The Balaban J connectivity index is 1.52. The molecule has 1 amide bonds. The number of hydrogen-bond donors (Lipinski definition) is 1. The second-order valence-electron chi connectivity index (χ2n) is 6.43. The molecule has 122 valence electrons. The third-order valence-electron chi connectivity index (χ3n) is 4.33. The summed E-state index contributed by atoms with van der Waals surface area (Å²) in [4.78, 5) is 20.9. The molecule has 1 aliphatic heterocycles. The first-order chi connectivity index (χ1) is 10.7. The number of aryl methyl sites for hydroxylation is 1. The summed E-state index contributed by atoms with van der Waals surface area (Å²) in [5, 5.41) is 6.63. The molecule has 1 saturated heterocycles. The van der Waals surface area contributed by atoms with Gasteiger partial charge in [-0.05, 0) is 25.8 Å². The fourth-order valence-electron chi connectivity index (χ4n) is 2.85. The molecule has 7 nitrogen and oxygen atoms in total. The number of nitrogens with zero attached hydrogens (tertiary/aromatic N) is 4. The normalized spacial score (nSPS) is 22.7. The zero-order valence-corrected chi connectivity index (χ0v) is 13.2. The largest absolute Gasteiger partial charge is 0.374 e. The molecule has 2 aliphatic rings. The van der Waals surface area contributed by atoms with Crippen molar-refractivity contribution in [3.8, 4) is 0 Å². The number of carbonyl (C=O) groups is 1. The van der Waals surface area contributed by atoms with Crippen molar-refractivity contribution in [2.45, 2.75) is 31.8 Å². The van der Waals surface area contributed by atoms with Crippen LogP contribution < -0.4 is 0 Å². The Kier molecular flexibility index (Phi) is 5.04. The summed E-state index contributed by atoms with van der Waals surface area (Å²) >= 11 is 0. The van der Waals surface area contributed by atoms with E-state index in [2.05, 4.69) is 27.1 Å². The highest BCUT2D eigenvalue weighted by molar-refractivity contribution is 5.76. The fraction of sp³-hybridized carbons (Fsp3) is 0.800. The maximum absolute atomic E-state index is 12.6. The van der Waals surface area contributed by atoms with Gasteiger partial charge in [0, 0.05) is 39.0 Å².